The number of fused-ring (bicyclic) bond motifs is 1. The molecule has 0 bridgehead atoms. The molecule has 0 unspecified atom stereocenters. The zero-order chi connectivity index (χ0) is 16.2. The maximum atomic E-state index is 12.0. The van der Waals surface area contributed by atoms with Crippen molar-refractivity contribution in [1.82, 2.24) is 0 Å². The summed E-state index contributed by atoms with van der Waals surface area (Å²) < 4.78 is 16.3. The quantitative estimate of drug-likeness (QED) is 0.908. The second kappa shape index (κ2) is 6.98. The molecule has 2 aromatic rings. The van der Waals surface area contributed by atoms with Gasteiger partial charge in [-0.3, -0.25) is 4.79 Å². The number of anilines is 1. The Morgan fingerprint density at radius 2 is 1.78 bits per heavy atom. The molecule has 0 saturated heterocycles. The van der Waals surface area contributed by atoms with Gasteiger partial charge in [0.25, 0.3) is 5.91 Å². The molecule has 0 atom stereocenters. The fraction of sp³-hybridized carbons (Fsp3) is 0.188. The Morgan fingerprint density at radius 3 is 2.52 bits per heavy atom. The first kappa shape index (κ1) is 15.8. The van der Waals surface area contributed by atoms with Crippen LogP contribution >= 0.6 is 23.2 Å². The highest BCUT2D eigenvalue weighted by atomic mass is 35.5. The van der Waals surface area contributed by atoms with Crippen LogP contribution in [0.5, 0.6) is 17.2 Å². The lowest BCUT2D eigenvalue weighted by atomic mass is 10.2. The first-order chi connectivity index (χ1) is 11.1. The molecule has 1 amide bonds. The summed E-state index contributed by atoms with van der Waals surface area (Å²) in [5.74, 6) is 1.21. The summed E-state index contributed by atoms with van der Waals surface area (Å²) >= 11 is 12.0. The number of amides is 1. The van der Waals surface area contributed by atoms with Crippen molar-refractivity contribution in [2.75, 3.05) is 25.1 Å². The summed E-state index contributed by atoms with van der Waals surface area (Å²) in [6, 6.07) is 10.2. The average molecular weight is 354 g/mol. The SMILES string of the molecule is O=C(COc1c(Cl)cccc1Cl)Nc1ccc2c(c1)OCCO2. The standard InChI is InChI=1S/C16H13Cl2NO4/c17-11-2-1-3-12(18)16(11)23-9-15(20)19-10-4-5-13-14(8-10)22-7-6-21-13/h1-5,8H,6-7,9H2,(H,19,20). The molecule has 23 heavy (non-hydrogen) atoms. The molecular formula is C16H13Cl2NO4. The van der Waals surface area contributed by atoms with Gasteiger partial charge in [-0.2, -0.15) is 0 Å². The number of halogens is 2. The van der Waals surface area contributed by atoms with E-state index in [1.165, 1.54) is 0 Å². The third-order valence-corrected chi connectivity index (χ3v) is 3.69. The molecule has 3 rings (SSSR count). The van der Waals surface area contributed by atoms with Crippen molar-refractivity contribution in [3.63, 3.8) is 0 Å². The minimum Gasteiger partial charge on any atom is -0.486 e. The number of para-hydroxylation sites is 1. The lowest BCUT2D eigenvalue weighted by Gasteiger charge is -2.19. The third-order valence-electron chi connectivity index (χ3n) is 3.09. The summed E-state index contributed by atoms with van der Waals surface area (Å²) in [6.07, 6.45) is 0. The highest BCUT2D eigenvalue weighted by Gasteiger charge is 2.14. The number of rotatable bonds is 4. The first-order valence-electron chi connectivity index (χ1n) is 6.90. The van der Waals surface area contributed by atoms with Crippen molar-refractivity contribution in [3.05, 3.63) is 46.4 Å². The van der Waals surface area contributed by atoms with Crippen LogP contribution in [0, 0.1) is 0 Å². The van der Waals surface area contributed by atoms with Crippen molar-refractivity contribution in [2.24, 2.45) is 0 Å². The molecule has 1 aliphatic rings. The molecule has 0 saturated carbocycles. The number of hydrogen-bond donors (Lipinski definition) is 1. The van der Waals surface area contributed by atoms with Crippen LogP contribution in [0.15, 0.2) is 36.4 Å². The van der Waals surface area contributed by atoms with Crippen molar-refractivity contribution >= 4 is 34.8 Å². The number of carbonyl (C=O) groups is 1. The number of hydrogen-bond acceptors (Lipinski definition) is 4. The first-order valence-corrected chi connectivity index (χ1v) is 7.65. The summed E-state index contributed by atoms with van der Waals surface area (Å²) in [4.78, 5) is 12.0. The second-order valence-electron chi connectivity index (χ2n) is 4.75. The van der Waals surface area contributed by atoms with Gasteiger partial charge in [-0.25, -0.2) is 0 Å². The minimum atomic E-state index is -0.335. The van der Waals surface area contributed by atoms with Gasteiger partial charge in [-0.15, -0.1) is 0 Å². The Labute approximate surface area is 143 Å². The monoisotopic (exact) mass is 353 g/mol. The van der Waals surface area contributed by atoms with Gasteiger partial charge >= 0.3 is 0 Å². The lowest BCUT2D eigenvalue weighted by molar-refractivity contribution is -0.118. The van der Waals surface area contributed by atoms with Gasteiger partial charge in [0.2, 0.25) is 0 Å². The van der Waals surface area contributed by atoms with Crippen LogP contribution in [0.2, 0.25) is 10.0 Å². The van der Waals surface area contributed by atoms with Crippen LogP contribution in [0.1, 0.15) is 0 Å². The topological polar surface area (TPSA) is 56.8 Å². The predicted octanol–water partition coefficient (Wildman–Crippen LogP) is 3.78. The van der Waals surface area contributed by atoms with Gasteiger partial charge in [0.15, 0.2) is 23.9 Å². The summed E-state index contributed by atoms with van der Waals surface area (Å²) in [5, 5.41) is 3.42. The number of carbonyl (C=O) groups excluding carboxylic acids is 1. The molecule has 1 N–H and O–H groups in total. The van der Waals surface area contributed by atoms with Crippen molar-refractivity contribution < 1.29 is 19.0 Å². The molecule has 5 nitrogen and oxygen atoms in total. The molecule has 2 aromatic carbocycles. The van der Waals surface area contributed by atoms with E-state index < -0.39 is 0 Å². The molecule has 0 aliphatic carbocycles. The Morgan fingerprint density at radius 1 is 1.09 bits per heavy atom. The molecule has 7 heteroatoms. The molecule has 1 aliphatic heterocycles. The molecule has 0 aromatic heterocycles. The van der Waals surface area contributed by atoms with Crippen LogP contribution in [0.3, 0.4) is 0 Å². The van der Waals surface area contributed by atoms with Gasteiger partial charge in [-0.1, -0.05) is 29.3 Å². The molecule has 1 heterocycles. The van der Waals surface area contributed by atoms with Crippen LogP contribution in [-0.4, -0.2) is 25.7 Å². The zero-order valence-corrected chi connectivity index (χ0v) is 13.5. The highest BCUT2D eigenvalue weighted by Crippen LogP contribution is 2.33. The van der Waals surface area contributed by atoms with Gasteiger partial charge < -0.3 is 19.5 Å². The van der Waals surface area contributed by atoms with Gasteiger partial charge in [0.1, 0.15) is 13.2 Å². The van der Waals surface area contributed by atoms with Crippen molar-refractivity contribution in [2.45, 2.75) is 0 Å². The normalized spacial score (nSPS) is 12.6. The van der Waals surface area contributed by atoms with E-state index in [-0.39, 0.29) is 18.3 Å². The highest BCUT2D eigenvalue weighted by molar-refractivity contribution is 6.37. The van der Waals surface area contributed by atoms with Crippen molar-refractivity contribution in [3.8, 4) is 17.2 Å². The van der Waals surface area contributed by atoms with Crippen LogP contribution in [-0.2, 0) is 4.79 Å². The molecule has 0 spiro atoms. The third kappa shape index (κ3) is 3.81. The van der Waals surface area contributed by atoms with E-state index in [0.29, 0.717) is 40.4 Å². The Balaban J connectivity index is 1.61. The summed E-state index contributed by atoms with van der Waals surface area (Å²) in [7, 11) is 0. The van der Waals surface area contributed by atoms with E-state index >= 15 is 0 Å². The number of benzene rings is 2. The van der Waals surface area contributed by atoms with Crippen LogP contribution in [0.25, 0.3) is 0 Å². The van der Waals surface area contributed by atoms with Crippen LogP contribution in [0.4, 0.5) is 5.69 Å². The fourth-order valence-electron chi connectivity index (χ4n) is 2.08. The van der Waals surface area contributed by atoms with Crippen LogP contribution < -0.4 is 19.5 Å². The smallest absolute Gasteiger partial charge is 0.262 e. The summed E-state index contributed by atoms with van der Waals surface area (Å²) in [5.41, 5.74) is 0.591. The predicted molar refractivity (Wildman–Crippen MR) is 88.0 cm³/mol. The van der Waals surface area contributed by atoms with Gasteiger partial charge in [-0.05, 0) is 24.3 Å². The van der Waals surface area contributed by atoms with E-state index in [1.807, 2.05) is 0 Å². The number of ether oxygens (including phenoxy) is 3. The van der Waals surface area contributed by atoms with E-state index in [1.54, 1.807) is 36.4 Å². The minimum absolute atomic E-state index is 0.210. The Bertz CT molecular complexity index is 716. The maximum absolute atomic E-state index is 12.0. The largest absolute Gasteiger partial charge is 0.486 e. The average Bonchev–Trinajstić information content (AvgIpc) is 2.54. The molecule has 120 valence electrons. The number of nitrogens with one attached hydrogen (secondary N) is 1. The Hall–Kier alpha value is -2.11. The molecule has 0 fully saturated rings. The van der Waals surface area contributed by atoms with Gasteiger partial charge in [0, 0.05) is 11.8 Å². The lowest BCUT2D eigenvalue weighted by Crippen LogP contribution is -2.21. The molecular weight excluding hydrogens is 341 g/mol. The van der Waals surface area contributed by atoms with E-state index in [2.05, 4.69) is 5.32 Å². The van der Waals surface area contributed by atoms with E-state index in [0.717, 1.165) is 0 Å². The van der Waals surface area contributed by atoms with E-state index in [9.17, 15) is 4.79 Å². The van der Waals surface area contributed by atoms with Crippen molar-refractivity contribution in [1.29, 1.82) is 0 Å². The second-order valence-corrected chi connectivity index (χ2v) is 5.56. The maximum Gasteiger partial charge on any atom is 0.262 e. The summed E-state index contributed by atoms with van der Waals surface area (Å²) in [6.45, 7) is 0.793. The Kier molecular flexibility index (Phi) is 4.79. The zero-order valence-electron chi connectivity index (χ0n) is 12.0. The van der Waals surface area contributed by atoms with Gasteiger partial charge in [0.05, 0.1) is 10.0 Å². The van der Waals surface area contributed by atoms with E-state index in [4.69, 9.17) is 37.4 Å². The fourth-order valence-corrected chi connectivity index (χ4v) is 2.58. The molecule has 0 radical (unpaired) electrons.